The average Bonchev–Trinajstić information content (AvgIpc) is 2.96. The summed E-state index contributed by atoms with van der Waals surface area (Å²) in [5, 5.41) is 3.17. The maximum atomic E-state index is 5.93. The fourth-order valence-corrected chi connectivity index (χ4v) is 3.49. The zero-order valence-corrected chi connectivity index (χ0v) is 10.9. The fourth-order valence-electron chi connectivity index (χ4n) is 2.65. The van der Waals surface area contributed by atoms with E-state index in [-0.39, 0.29) is 6.10 Å². The average molecular weight is 254 g/mol. The molecule has 4 nitrogen and oxygen atoms in total. The molecule has 0 N–H and O–H groups in total. The molecule has 2 atom stereocenters. The van der Waals surface area contributed by atoms with Gasteiger partial charge in [-0.2, -0.15) is 0 Å². The fraction of sp³-hybridized carbons (Fsp3) is 0.750. The summed E-state index contributed by atoms with van der Waals surface area (Å²) in [6, 6.07) is 0.657. The van der Waals surface area contributed by atoms with Crippen LogP contribution in [0, 0.1) is 0 Å². The summed E-state index contributed by atoms with van der Waals surface area (Å²) in [6.45, 7) is 3.69. The molecule has 2 aliphatic rings. The molecule has 2 unspecified atom stereocenters. The van der Waals surface area contributed by atoms with E-state index in [0.717, 1.165) is 23.9 Å². The minimum absolute atomic E-state index is 0.167. The topological polar surface area (TPSA) is 34.6 Å². The maximum absolute atomic E-state index is 5.93. The zero-order valence-electron chi connectivity index (χ0n) is 10.1. The lowest BCUT2D eigenvalue weighted by atomic mass is 10.2. The van der Waals surface area contributed by atoms with Crippen LogP contribution in [0.15, 0.2) is 5.38 Å². The molecule has 2 aliphatic heterocycles. The number of fused-ring (bicyclic) bond motifs is 1. The lowest BCUT2D eigenvalue weighted by molar-refractivity contribution is -0.0503. The van der Waals surface area contributed by atoms with Gasteiger partial charge < -0.3 is 9.47 Å². The normalized spacial score (nSPS) is 29.5. The van der Waals surface area contributed by atoms with Crippen molar-refractivity contribution in [1.29, 1.82) is 0 Å². The first kappa shape index (κ1) is 11.6. The van der Waals surface area contributed by atoms with Gasteiger partial charge in [0.2, 0.25) is 0 Å². The summed E-state index contributed by atoms with van der Waals surface area (Å²) in [6.07, 6.45) is 2.77. The van der Waals surface area contributed by atoms with Crippen LogP contribution < -0.4 is 0 Å². The molecule has 17 heavy (non-hydrogen) atoms. The van der Waals surface area contributed by atoms with Gasteiger partial charge >= 0.3 is 0 Å². The first-order chi connectivity index (χ1) is 8.36. The third-order valence-corrected chi connectivity index (χ3v) is 4.51. The maximum Gasteiger partial charge on any atom is 0.123 e. The van der Waals surface area contributed by atoms with Crippen molar-refractivity contribution < 1.29 is 9.47 Å². The van der Waals surface area contributed by atoms with Crippen LogP contribution in [0.3, 0.4) is 0 Å². The molecule has 94 valence electrons. The Morgan fingerprint density at radius 2 is 2.59 bits per heavy atom. The minimum Gasteiger partial charge on any atom is -0.378 e. The Labute approximate surface area is 106 Å². The molecule has 2 saturated heterocycles. The van der Waals surface area contributed by atoms with Gasteiger partial charge in [0, 0.05) is 25.1 Å². The van der Waals surface area contributed by atoms with Crippen LogP contribution in [0.5, 0.6) is 0 Å². The highest BCUT2D eigenvalue weighted by Gasteiger charge is 2.33. The highest BCUT2D eigenvalue weighted by molar-refractivity contribution is 7.09. The van der Waals surface area contributed by atoms with E-state index in [1.165, 1.54) is 19.4 Å². The quantitative estimate of drug-likeness (QED) is 0.824. The van der Waals surface area contributed by atoms with E-state index in [0.29, 0.717) is 12.6 Å². The largest absolute Gasteiger partial charge is 0.378 e. The van der Waals surface area contributed by atoms with E-state index >= 15 is 0 Å². The van der Waals surface area contributed by atoms with E-state index in [9.17, 15) is 0 Å². The Bertz CT molecular complexity index is 382. The molecular weight excluding hydrogens is 236 g/mol. The standard InChI is InChI=1S/C12H18N2O2S/c1-15-6-9-8-17-12(13-9)11-5-14-4-2-3-10(14)7-16-11/h8,10-11H,2-7H2,1H3. The molecule has 0 saturated carbocycles. The highest BCUT2D eigenvalue weighted by Crippen LogP contribution is 2.31. The van der Waals surface area contributed by atoms with Crippen molar-refractivity contribution in [2.45, 2.75) is 31.6 Å². The summed E-state index contributed by atoms with van der Waals surface area (Å²) in [7, 11) is 1.70. The summed E-state index contributed by atoms with van der Waals surface area (Å²) < 4.78 is 11.0. The van der Waals surface area contributed by atoms with Gasteiger partial charge in [0.25, 0.3) is 0 Å². The smallest absolute Gasteiger partial charge is 0.123 e. The molecular formula is C12H18N2O2S. The number of rotatable bonds is 3. The molecule has 2 fully saturated rings. The number of morpholine rings is 1. The van der Waals surface area contributed by atoms with Gasteiger partial charge in [-0.3, -0.25) is 4.90 Å². The van der Waals surface area contributed by atoms with Gasteiger partial charge in [-0.1, -0.05) is 0 Å². The van der Waals surface area contributed by atoms with Crippen LogP contribution in [-0.2, 0) is 16.1 Å². The molecule has 1 aromatic heterocycles. The van der Waals surface area contributed by atoms with Crippen molar-refractivity contribution in [3.05, 3.63) is 16.1 Å². The Hall–Kier alpha value is -0.490. The molecule has 3 rings (SSSR count). The second-order valence-corrected chi connectivity index (χ2v) is 5.61. The van der Waals surface area contributed by atoms with Crippen molar-refractivity contribution in [2.24, 2.45) is 0 Å². The molecule has 5 heteroatoms. The van der Waals surface area contributed by atoms with E-state index in [1.807, 2.05) is 0 Å². The first-order valence-corrected chi connectivity index (χ1v) is 7.03. The summed E-state index contributed by atoms with van der Waals surface area (Å²) in [5.74, 6) is 0. The molecule has 0 aromatic carbocycles. The second kappa shape index (κ2) is 5.02. The lowest BCUT2D eigenvalue weighted by Crippen LogP contribution is -2.42. The van der Waals surface area contributed by atoms with Crippen LogP contribution in [0.2, 0.25) is 0 Å². The SMILES string of the molecule is COCc1csc(C2CN3CCCC3CO2)n1. The molecule has 1 aromatic rings. The van der Waals surface area contributed by atoms with Crippen molar-refractivity contribution in [2.75, 3.05) is 26.8 Å². The molecule has 0 aliphatic carbocycles. The number of thiazole rings is 1. The van der Waals surface area contributed by atoms with Crippen LogP contribution >= 0.6 is 11.3 Å². The van der Waals surface area contributed by atoms with E-state index in [2.05, 4.69) is 15.3 Å². The third kappa shape index (κ3) is 2.38. The van der Waals surface area contributed by atoms with Crippen LogP contribution in [0.25, 0.3) is 0 Å². The van der Waals surface area contributed by atoms with Gasteiger partial charge in [0.05, 0.1) is 18.9 Å². The molecule has 0 amide bonds. The van der Waals surface area contributed by atoms with Gasteiger partial charge in [-0.25, -0.2) is 4.98 Å². The molecule has 3 heterocycles. The predicted molar refractivity (Wildman–Crippen MR) is 66.1 cm³/mol. The number of ether oxygens (including phenoxy) is 2. The summed E-state index contributed by atoms with van der Waals surface area (Å²) >= 11 is 1.69. The Balaban J connectivity index is 1.67. The van der Waals surface area contributed by atoms with Crippen molar-refractivity contribution >= 4 is 11.3 Å². The molecule has 0 radical (unpaired) electrons. The van der Waals surface area contributed by atoms with Gasteiger partial charge in [-0.05, 0) is 19.4 Å². The highest BCUT2D eigenvalue weighted by atomic mass is 32.1. The summed E-state index contributed by atoms with van der Waals surface area (Å²) in [5.41, 5.74) is 1.01. The number of nitrogens with zero attached hydrogens (tertiary/aromatic N) is 2. The van der Waals surface area contributed by atoms with Crippen LogP contribution in [0.4, 0.5) is 0 Å². The monoisotopic (exact) mass is 254 g/mol. The van der Waals surface area contributed by atoms with Crippen molar-refractivity contribution in [1.82, 2.24) is 9.88 Å². The van der Waals surface area contributed by atoms with Gasteiger partial charge in [0.15, 0.2) is 0 Å². The Kier molecular flexibility index (Phi) is 3.42. The first-order valence-electron chi connectivity index (χ1n) is 6.15. The Morgan fingerprint density at radius 3 is 3.47 bits per heavy atom. The third-order valence-electron chi connectivity index (χ3n) is 3.53. The second-order valence-electron chi connectivity index (χ2n) is 4.72. The zero-order chi connectivity index (χ0) is 11.7. The van der Waals surface area contributed by atoms with Gasteiger partial charge in [0.1, 0.15) is 11.1 Å². The molecule has 0 bridgehead atoms. The lowest BCUT2D eigenvalue weighted by Gasteiger charge is -2.34. The van der Waals surface area contributed by atoms with E-state index in [1.54, 1.807) is 18.4 Å². The number of methoxy groups -OCH3 is 1. The summed E-state index contributed by atoms with van der Waals surface area (Å²) in [4.78, 5) is 7.13. The number of hydrogen-bond acceptors (Lipinski definition) is 5. The predicted octanol–water partition coefficient (Wildman–Crippen LogP) is 1.83. The number of hydrogen-bond donors (Lipinski definition) is 0. The van der Waals surface area contributed by atoms with E-state index in [4.69, 9.17) is 9.47 Å². The van der Waals surface area contributed by atoms with Crippen LogP contribution in [0.1, 0.15) is 29.6 Å². The minimum atomic E-state index is 0.167. The molecule has 0 spiro atoms. The Morgan fingerprint density at radius 1 is 1.65 bits per heavy atom. The van der Waals surface area contributed by atoms with Crippen LogP contribution in [-0.4, -0.2) is 42.7 Å². The van der Waals surface area contributed by atoms with E-state index < -0.39 is 0 Å². The van der Waals surface area contributed by atoms with Crippen molar-refractivity contribution in [3.8, 4) is 0 Å². The van der Waals surface area contributed by atoms with Crippen molar-refractivity contribution in [3.63, 3.8) is 0 Å². The van der Waals surface area contributed by atoms with Gasteiger partial charge in [-0.15, -0.1) is 11.3 Å². The number of aromatic nitrogens is 1.